The molecular weight excluding hydrogens is 316 g/mol. The predicted molar refractivity (Wildman–Crippen MR) is 97.1 cm³/mol. The molecule has 0 spiro atoms. The van der Waals surface area contributed by atoms with Crippen molar-refractivity contribution in [1.29, 1.82) is 0 Å². The average Bonchev–Trinajstić information content (AvgIpc) is 3.02. The van der Waals surface area contributed by atoms with E-state index in [4.69, 9.17) is 14.3 Å². The van der Waals surface area contributed by atoms with E-state index in [0.717, 1.165) is 10.9 Å². The van der Waals surface area contributed by atoms with Crippen LogP contribution in [0, 0.1) is 0 Å². The highest BCUT2D eigenvalue weighted by atomic mass is 16.5. The quantitative estimate of drug-likeness (QED) is 0.697. The molecule has 0 bridgehead atoms. The van der Waals surface area contributed by atoms with Crippen molar-refractivity contribution in [2.75, 3.05) is 6.61 Å². The molecule has 0 atom stereocenters. The van der Waals surface area contributed by atoms with Gasteiger partial charge in [0.1, 0.15) is 11.3 Å². The maximum Gasteiger partial charge on any atom is 0.235 e. The van der Waals surface area contributed by atoms with E-state index in [9.17, 15) is 4.79 Å². The molecule has 0 amide bonds. The van der Waals surface area contributed by atoms with Crippen molar-refractivity contribution in [2.24, 2.45) is 0 Å². The van der Waals surface area contributed by atoms with Crippen molar-refractivity contribution in [3.05, 3.63) is 65.4 Å². The monoisotopic (exact) mass is 338 g/mol. The van der Waals surface area contributed by atoms with Gasteiger partial charge in [-0.3, -0.25) is 4.79 Å². The third-order valence-electron chi connectivity index (χ3n) is 4.13. The molecule has 25 heavy (non-hydrogen) atoms. The van der Waals surface area contributed by atoms with Gasteiger partial charge in [0, 0.05) is 5.39 Å². The maximum absolute atomic E-state index is 12.3. The van der Waals surface area contributed by atoms with Crippen LogP contribution in [0.5, 0.6) is 5.75 Å². The first-order valence-corrected chi connectivity index (χ1v) is 8.27. The second-order valence-corrected chi connectivity index (χ2v) is 7.13. The number of furan rings is 1. The number of Topliss-reactive ketones (excluding diaryl/α,β-unsaturated/α-hetero) is 1. The molecule has 0 aliphatic carbocycles. The fourth-order valence-electron chi connectivity index (χ4n) is 2.56. The Hall–Kier alpha value is -2.59. The predicted octanol–water partition coefficient (Wildman–Crippen LogP) is 4.48. The first-order chi connectivity index (χ1) is 11.9. The van der Waals surface area contributed by atoms with Crippen molar-refractivity contribution in [2.45, 2.75) is 32.8 Å². The molecule has 3 aromatic rings. The zero-order chi connectivity index (χ0) is 18.0. The van der Waals surface area contributed by atoms with E-state index in [1.54, 1.807) is 30.3 Å². The lowest BCUT2D eigenvalue weighted by Crippen LogP contribution is -2.10. The summed E-state index contributed by atoms with van der Waals surface area (Å²) in [6, 6.07) is 14.7. The second-order valence-electron chi connectivity index (χ2n) is 7.13. The lowest BCUT2D eigenvalue weighted by atomic mass is 9.86. The third-order valence-corrected chi connectivity index (χ3v) is 4.13. The van der Waals surface area contributed by atoms with Gasteiger partial charge < -0.3 is 14.3 Å². The van der Waals surface area contributed by atoms with E-state index < -0.39 is 0 Å². The van der Waals surface area contributed by atoms with Gasteiger partial charge in [-0.1, -0.05) is 39.0 Å². The number of hydrogen-bond acceptors (Lipinski definition) is 4. The largest absolute Gasteiger partial charge is 0.485 e. The van der Waals surface area contributed by atoms with E-state index in [2.05, 4.69) is 26.8 Å². The average molecular weight is 338 g/mol. The van der Waals surface area contributed by atoms with Gasteiger partial charge in [-0.15, -0.1) is 0 Å². The zero-order valence-corrected chi connectivity index (χ0v) is 14.7. The van der Waals surface area contributed by atoms with Crippen molar-refractivity contribution in [3.8, 4) is 5.75 Å². The molecule has 0 saturated carbocycles. The number of carbonyl (C=O) groups excluding carboxylic acids is 1. The van der Waals surface area contributed by atoms with Gasteiger partial charge in [-0.05, 0) is 46.9 Å². The van der Waals surface area contributed by atoms with E-state index in [-0.39, 0.29) is 24.4 Å². The molecule has 3 rings (SSSR count). The summed E-state index contributed by atoms with van der Waals surface area (Å²) in [6.07, 6.45) is 0. The number of hydrogen-bond donors (Lipinski definition) is 1. The minimum absolute atomic E-state index is 0.0191. The molecule has 0 aliphatic rings. The lowest BCUT2D eigenvalue weighted by molar-refractivity contribution is 0.0896. The van der Waals surface area contributed by atoms with Gasteiger partial charge in [0.25, 0.3) is 0 Å². The first-order valence-electron chi connectivity index (χ1n) is 8.27. The van der Waals surface area contributed by atoms with Crippen LogP contribution >= 0.6 is 0 Å². The Morgan fingerprint density at radius 2 is 1.80 bits per heavy atom. The molecule has 0 fully saturated rings. The molecule has 0 radical (unpaired) electrons. The van der Waals surface area contributed by atoms with Crippen LogP contribution in [-0.4, -0.2) is 17.5 Å². The van der Waals surface area contributed by atoms with Crippen molar-refractivity contribution < 1.29 is 19.1 Å². The van der Waals surface area contributed by atoms with Crippen molar-refractivity contribution >= 4 is 16.8 Å². The summed E-state index contributed by atoms with van der Waals surface area (Å²) in [5.41, 5.74) is 2.73. The van der Waals surface area contributed by atoms with Gasteiger partial charge in [0.2, 0.25) is 5.78 Å². The molecule has 1 N–H and O–H groups in total. The summed E-state index contributed by atoms with van der Waals surface area (Å²) >= 11 is 0. The third kappa shape index (κ3) is 3.91. The fraction of sp³-hybridized carbons (Fsp3) is 0.286. The Morgan fingerprint density at radius 1 is 1.08 bits per heavy atom. The molecule has 2 aromatic carbocycles. The molecule has 0 saturated heterocycles. The SMILES string of the molecule is CC(C)(C)c1ccc2oc(C(=O)COc3ccc(CO)cc3)cc2c1. The summed E-state index contributed by atoms with van der Waals surface area (Å²) in [4.78, 5) is 12.3. The molecule has 1 aromatic heterocycles. The van der Waals surface area contributed by atoms with Crippen LogP contribution in [0.15, 0.2) is 52.9 Å². The summed E-state index contributed by atoms with van der Waals surface area (Å²) < 4.78 is 11.2. The number of benzene rings is 2. The van der Waals surface area contributed by atoms with Gasteiger partial charge in [-0.25, -0.2) is 0 Å². The number of rotatable bonds is 5. The van der Waals surface area contributed by atoms with Crippen LogP contribution in [0.1, 0.15) is 42.5 Å². The highest BCUT2D eigenvalue weighted by Gasteiger charge is 2.17. The number of fused-ring (bicyclic) bond motifs is 1. The number of ether oxygens (including phenoxy) is 1. The summed E-state index contributed by atoms with van der Waals surface area (Å²) in [7, 11) is 0. The lowest BCUT2D eigenvalue weighted by Gasteiger charge is -2.18. The maximum atomic E-state index is 12.3. The number of ketones is 1. The number of aliphatic hydroxyl groups excluding tert-OH is 1. The fourth-order valence-corrected chi connectivity index (χ4v) is 2.56. The smallest absolute Gasteiger partial charge is 0.235 e. The Kier molecular flexibility index (Phi) is 4.64. The normalized spacial score (nSPS) is 11.7. The van der Waals surface area contributed by atoms with E-state index in [0.29, 0.717) is 17.1 Å². The van der Waals surface area contributed by atoms with E-state index in [1.807, 2.05) is 12.1 Å². The first kappa shape index (κ1) is 17.2. The molecule has 130 valence electrons. The molecule has 1 heterocycles. The van der Waals surface area contributed by atoms with Crippen LogP contribution in [0.25, 0.3) is 11.0 Å². The van der Waals surface area contributed by atoms with Crippen LogP contribution in [0.4, 0.5) is 0 Å². The topological polar surface area (TPSA) is 59.7 Å². The Balaban J connectivity index is 1.73. The van der Waals surface area contributed by atoms with Gasteiger partial charge in [-0.2, -0.15) is 0 Å². The van der Waals surface area contributed by atoms with Gasteiger partial charge >= 0.3 is 0 Å². The van der Waals surface area contributed by atoms with Gasteiger partial charge in [0.15, 0.2) is 12.4 Å². The van der Waals surface area contributed by atoms with E-state index >= 15 is 0 Å². The molecule has 0 aliphatic heterocycles. The summed E-state index contributed by atoms with van der Waals surface area (Å²) in [5.74, 6) is 0.671. The molecule has 4 heteroatoms. The van der Waals surface area contributed by atoms with Crippen LogP contribution < -0.4 is 4.74 Å². The Morgan fingerprint density at radius 3 is 2.44 bits per heavy atom. The van der Waals surface area contributed by atoms with Crippen molar-refractivity contribution in [3.63, 3.8) is 0 Å². The molecule has 4 nitrogen and oxygen atoms in total. The van der Waals surface area contributed by atoms with E-state index in [1.165, 1.54) is 5.56 Å². The highest BCUT2D eigenvalue weighted by Crippen LogP contribution is 2.28. The number of aliphatic hydroxyl groups is 1. The Bertz CT molecular complexity index is 882. The van der Waals surface area contributed by atoms with Crippen molar-refractivity contribution in [1.82, 2.24) is 0 Å². The number of carbonyl (C=O) groups is 1. The minimum atomic E-state index is -0.209. The minimum Gasteiger partial charge on any atom is -0.485 e. The summed E-state index contributed by atoms with van der Waals surface area (Å²) in [6.45, 7) is 6.34. The highest BCUT2D eigenvalue weighted by molar-refractivity contribution is 5.98. The Labute approximate surface area is 147 Å². The van der Waals surface area contributed by atoms with Crippen LogP contribution in [0.2, 0.25) is 0 Å². The van der Waals surface area contributed by atoms with Crippen LogP contribution in [-0.2, 0) is 12.0 Å². The standard InChI is InChI=1S/C21H22O4/c1-21(2,3)16-6-9-19-15(10-16)11-20(25-19)18(23)13-24-17-7-4-14(12-22)5-8-17/h4-11,22H,12-13H2,1-3H3. The summed E-state index contributed by atoms with van der Waals surface area (Å²) in [5, 5.41) is 9.95. The zero-order valence-electron chi connectivity index (χ0n) is 14.7. The van der Waals surface area contributed by atoms with Crippen LogP contribution in [0.3, 0.4) is 0 Å². The molecular formula is C21H22O4. The van der Waals surface area contributed by atoms with Gasteiger partial charge in [0.05, 0.1) is 6.61 Å². The second kappa shape index (κ2) is 6.73. The molecule has 0 unspecified atom stereocenters.